The highest BCUT2D eigenvalue weighted by Gasteiger charge is 2.08. The van der Waals surface area contributed by atoms with Crippen molar-refractivity contribution in [3.8, 4) is 5.75 Å². The zero-order valence-electron chi connectivity index (χ0n) is 11.6. The molecule has 6 heteroatoms. The number of carboxylic acid groups (broad SMARTS) is 1. The molecule has 1 aromatic heterocycles. The van der Waals surface area contributed by atoms with Crippen LogP contribution in [0.25, 0.3) is 0 Å². The second kappa shape index (κ2) is 7.04. The van der Waals surface area contributed by atoms with Crippen molar-refractivity contribution in [1.29, 1.82) is 0 Å². The van der Waals surface area contributed by atoms with Gasteiger partial charge >= 0.3 is 5.97 Å². The van der Waals surface area contributed by atoms with Crippen molar-refractivity contribution in [3.63, 3.8) is 0 Å². The predicted octanol–water partition coefficient (Wildman–Crippen LogP) is 4.03. The zero-order chi connectivity index (χ0) is 15.2. The maximum absolute atomic E-state index is 10.7. The van der Waals surface area contributed by atoms with Gasteiger partial charge in [0.25, 0.3) is 0 Å². The first-order valence-electron chi connectivity index (χ1n) is 6.57. The molecule has 1 aromatic carbocycles. The number of hydrogen-bond acceptors (Lipinski definition) is 4. The van der Waals surface area contributed by atoms with E-state index in [-0.39, 0.29) is 5.56 Å². The quantitative estimate of drug-likeness (QED) is 0.808. The Morgan fingerprint density at radius 3 is 2.86 bits per heavy atom. The van der Waals surface area contributed by atoms with Gasteiger partial charge in [0.2, 0.25) is 0 Å². The van der Waals surface area contributed by atoms with Crippen LogP contribution in [0.5, 0.6) is 5.75 Å². The number of ether oxygens (including phenoxy) is 1. The Balaban J connectivity index is 1.96. The van der Waals surface area contributed by atoms with Crippen molar-refractivity contribution < 1.29 is 19.1 Å². The van der Waals surface area contributed by atoms with Gasteiger partial charge in [0.05, 0.1) is 23.7 Å². The zero-order valence-corrected chi connectivity index (χ0v) is 12.3. The maximum atomic E-state index is 10.7. The van der Waals surface area contributed by atoms with Gasteiger partial charge in [-0.3, -0.25) is 0 Å². The molecule has 0 saturated heterocycles. The minimum absolute atomic E-state index is 0.133. The van der Waals surface area contributed by atoms with E-state index in [2.05, 4.69) is 5.32 Å². The van der Waals surface area contributed by atoms with E-state index in [1.165, 1.54) is 12.3 Å². The van der Waals surface area contributed by atoms with Crippen molar-refractivity contribution in [2.75, 3.05) is 11.9 Å². The normalized spacial score (nSPS) is 10.4. The van der Waals surface area contributed by atoms with Gasteiger partial charge in [-0.2, -0.15) is 0 Å². The lowest BCUT2D eigenvalue weighted by atomic mass is 10.3. The molecular weight excluding hydrogens is 294 g/mol. The van der Waals surface area contributed by atoms with Crippen LogP contribution in [0, 0.1) is 0 Å². The summed E-state index contributed by atoms with van der Waals surface area (Å²) in [5, 5.41) is 12.4. The molecule has 2 N–H and O–H groups in total. The molecule has 0 amide bonds. The second-order valence-corrected chi connectivity index (χ2v) is 4.86. The number of hydrogen-bond donors (Lipinski definition) is 2. The standard InChI is InChI=1S/C15H16ClNO4/c1-2-5-20-14-4-3-11(7-13(14)16)17-8-12-6-10(9-21-12)15(18)19/h3-4,6-7,9,17H,2,5,8H2,1H3,(H,18,19). The minimum atomic E-state index is -1.01. The van der Waals surface area contributed by atoms with E-state index in [1.807, 2.05) is 13.0 Å². The molecule has 0 fully saturated rings. The van der Waals surface area contributed by atoms with Gasteiger partial charge in [-0.15, -0.1) is 0 Å². The van der Waals surface area contributed by atoms with Gasteiger partial charge in [-0.05, 0) is 30.7 Å². The summed E-state index contributed by atoms with van der Waals surface area (Å²) in [6.07, 6.45) is 2.13. The van der Waals surface area contributed by atoms with Crippen molar-refractivity contribution in [3.05, 3.63) is 46.9 Å². The molecule has 0 radical (unpaired) electrons. The van der Waals surface area contributed by atoms with Crippen molar-refractivity contribution in [2.45, 2.75) is 19.9 Å². The number of nitrogens with one attached hydrogen (secondary N) is 1. The Kier molecular flexibility index (Phi) is 5.11. The number of carboxylic acids is 1. The van der Waals surface area contributed by atoms with Crippen LogP contribution in [-0.4, -0.2) is 17.7 Å². The van der Waals surface area contributed by atoms with E-state index >= 15 is 0 Å². The Bertz CT molecular complexity index is 624. The topological polar surface area (TPSA) is 71.7 Å². The van der Waals surface area contributed by atoms with Crippen molar-refractivity contribution >= 4 is 23.3 Å². The fourth-order valence-electron chi connectivity index (χ4n) is 1.71. The second-order valence-electron chi connectivity index (χ2n) is 4.45. The summed E-state index contributed by atoms with van der Waals surface area (Å²) >= 11 is 6.13. The van der Waals surface area contributed by atoms with Gasteiger partial charge in [0.15, 0.2) is 0 Å². The summed E-state index contributed by atoms with van der Waals surface area (Å²) in [6.45, 7) is 3.02. The molecule has 112 valence electrons. The summed E-state index contributed by atoms with van der Waals surface area (Å²) in [7, 11) is 0. The van der Waals surface area contributed by atoms with E-state index < -0.39 is 5.97 Å². The monoisotopic (exact) mass is 309 g/mol. The highest BCUT2D eigenvalue weighted by atomic mass is 35.5. The van der Waals surface area contributed by atoms with Gasteiger partial charge in [0.1, 0.15) is 17.8 Å². The van der Waals surface area contributed by atoms with E-state index in [1.54, 1.807) is 12.1 Å². The number of carbonyl (C=O) groups is 1. The van der Waals surface area contributed by atoms with E-state index in [0.29, 0.717) is 29.7 Å². The molecule has 0 saturated carbocycles. The molecule has 0 atom stereocenters. The van der Waals surface area contributed by atoms with Gasteiger partial charge < -0.3 is 19.6 Å². The summed E-state index contributed by atoms with van der Waals surface area (Å²) in [5.74, 6) is 0.176. The number of benzene rings is 1. The lowest BCUT2D eigenvalue weighted by molar-refractivity contribution is 0.0696. The Morgan fingerprint density at radius 2 is 2.24 bits per heavy atom. The number of furan rings is 1. The first-order valence-corrected chi connectivity index (χ1v) is 6.95. The Morgan fingerprint density at radius 1 is 1.43 bits per heavy atom. The Labute approximate surface area is 127 Å². The van der Waals surface area contributed by atoms with E-state index in [0.717, 1.165) is 12.1 Å². The van der Waals surface area contributed by atoms with Crippen LogP contribution in [0.1, 0.15) is 29.5 Å². The highest BCUT2D eigenvalue weighted by molar-refractivity contribution is 6.32. The largest absolute Gasteiger partial charge is 0.492 e. The van der Waals surface area contributed by atoms with Crippen LogP contribution < -0.4 is 10.1 Å². The van der Waals surface area contributed by atoms with Crippen LogP contribution in [0.2, 0.25) is 5.02 Å². The van der Waals surface area contributed by atoms with Crippen LogP contribution in [0.3, 0.4) is 0 Å². The highest BCUT2D eigenvalue weighted by Crippen LogP contribution is 2.28. The first kappa shape index (κ1) is 15.3. The predicted molar refractivity (Wildman–Crippen MR) is 80.2 cm³/mol. The Hall–Kier alpha value is -2.14. The number of aromatic carboxylic acids is 1. The third-order valence-corrected chi connectivity index (χ3v) is 3.06. The third-order valence-electron chi connectivity index (χ3n) is 2.76. The van der Waals surface area contributed by atoms with Gasteiger partial charge in [0, 0.05) is 5.69 Å². The molecule has 0 unspecified atom stereocenters. The van der Waals surface area contributed by atoms with Crippen LogP contribution in [-0.2, 0) is 6.54 Å². The summed E-state index contributed by atoms with van der Waals surface area (Å²) in [4.78, 5) is 10.7. The molecule has 2 aromatic rings. The molecule has 0 aliphatic carbocycles. The van der Waals surface area contributed by atoms with Crippen LogP contribution in [0.15, 0.2) is 34.9 Å². The lowest BCUT2D eigenvalue weighted by Crippen LogP contribution is -2.00. The summed E-state index contributed by atoms with van der Waals surface area (Å²) < 4.78 is 10.6. The maximum Gasteiger partial charge on any atom is 0.338 e. The fraction of sp³-hybridized carbons (Fsp3) is 0.267. The number of rotatable bonds is 7. The average molecular weight is 310 g/mol. The molecule has 1 heterocycles. The smallest absolute Gasteiger partial charge is 0.338 e. The fourth-order valence-corrected chi connectivity index (χ4v) is 1.95. The van der Waals surface area contributed by atoms with Crippen LogP contribution >= 0.6 is 11.6 Å². The van der Waals surface area contributed by atoms with Gasteiger partial charge in [-0.1, -0.05) is 18.5 Å². The molecule has 2 rings (SSSR count). The molecular formula is C15H16ClNO4. The molecule has 5 nitrogen and oxygen atoms in total. The molecule has 21 heavy (non-hydrogen) atoms. The van der Waals surface area contributed by atoms with E-state index in [9.17, 15) is 4.79 Å². The molecule has 0 spiro atoms. The van der Waals surface area contributed by atoms with Crippen LogP contribution in [0.4, 0.5) is 5.69 Å². The SMILES string of the molecule is CCCOc1ccc(NCc2cc(C(=O)O)co2)cc1Cl. The summed E-state index contributed by atoms with van der Waals surface area (Å²) in [5.41, 5.74) is 0.935. The third kappa shape index (κ3) is 4.16. The average Bonchev–Trinajstić information content (AvgIpc) is 2.93. The number of anilines is 1. The first-order chi connectivity index (χ1) is 10.1. The molecule has 0 bridgehead atoms. The van der Waals surface area contributed by atoms with Crippen molar-refractivity contribution in [2.24, 2.45) is 0 Å². The minimum Gasteiger partial charge on any atom is -0.492 e. The number of halogens is 1. The summed E-state index contributed by atoms with van der Waals surface area (Å²) in [6, 6.07) is 6.88. The van der Waals surface area contributed by atoms with Crippen molar-refractivity contribution in [1.82, 2.24) is 0 Å². The van der Waals surface area contributed by atoms with Gasteiger partial charge in [-0.25, -0.2) is 4.79 Å². The molecule has 0 aliphatic rings. The lowest BCUT2D eigenvalue weighted by Gasteiger charge is -2.09. The molecule has 0 aliphatic heterocycles. The van der Waals surface area contributed by atoms with E-state index in [4.69, 9.17) is 25.9 Å².